The molecule has 3 atom stereocenters. The van der Waals surface area contributed by atoms with E-state index in [-0.39, 0.29) is 35.7 Å². The monoisotopic (exact) mass is 478 g/mol. The van der Waals surface area contributed by atoms with Crippen molar-refractivity contribution in [3.05, 3.63) is 12.4 Å². The van der Waals surface area contributed by atoms with Gasteiger partial charge in [0.05, 0.1) is 17.4 Å². The van der Waals surface area contributed by atoms with Crippen molar-refractivity contribution in [1.29, 1.82) is 0 Å². The molecule has 0 unspecified atom stereocenters. The highest BCUT2D eigenvalue weighted by Crippen LogP contribution is 2.24. The fraction of sp³-hybridized carbons (Fsp3) is 0.769. The van der Waals surface area contributed by atoms with E-state index in [1.807, 2.05) is 6.92 Å². The third kappa shape index (κ3) is 10.3. The van der Waals surface area contributed by atoms with Crippen molar-refractivity contribution >= 4 is 23.4 Å². The van der Waals surface area contributed by atoms with Gasteiger partial charge in [0.1, 0.15) is 0 Å². The van der Waals surface area contributed by atoms with Crippen LogP contribution >= 0.6 is 0 Å². The molecular formula is C26H46N4O4. The minimum atomic E-state index is -1.02. The van der Waals surface area contributed by atoms with E-state index in [1.165, 1.54) is 0 Å². The Hall–Kier alpha value is -2.38. The second kappa shape index (κ2) is 14.8. The van der Waals surface area contributed by atoms with Crippen LogP contribution in [-0.4, -0.2) is 41.5 Å². The van der Waals surface area contributed by atoms with Crippen LogP contribution < -0.4 is 21.7 Å². The van der Waals surface area contributed by atoms with Gasteiger partial charge in [-0.1, -0.05) is 53.0 Å². The Morgan fingerprint density at radius 3 is 2.44 bits per heavy atom. The van der Waals surface area contributed by atoms with Crippen molar-refractivity contribution in [3.63, 3.8) is 0 Å². The second-order valence-electron chi connectivity index (χ2n) is 10.1. The molecule has 0 aromatic heterocycles. The number of carbonyl (C=O) groups is 4. The summed E-state index contributed by atoms with van der Waals surface area (Å²) in [6.45, 7) is 11.4. The minimum Gasteiger partial charge on any atom is -0.386 e. The van der Waals surface area contributed by atoms with E-state index < -0.39 is 17.5 Å². The number of nitrogens with one attached hydrogen (secondary N) is 3. The summed E-state index contributed by atoms with van der Waals surface area (Å²) < 4.78 is 0. The van der Waals surface area contributed by atoms with Crippen LogP contribution in [0.4, 0.5) is 0 Å². The third-order valence-corrected chi connectivity index (χ3v) is 6.64. The molecule has 2 amide bonds. The average Bonchev–Trinajstić information content (AvgIpc) is 2.77. The second-order valence-corrected chi connectivity index (χ2v) is 10.1. The van der Waals surface area contributed by atoms with Gasteiger partial charge in [0.25, 0.3) is 0 Å². The van der Waals surface area contributed by atoms with E-state index in [2.05, 4.69) is 22.5 Å². The van der Waals surface area contributed by atoms with Crippen LogP contribution in [0.1, 0.15) is 98.3 Å². The zero-order valence-electron chi connectivity index (χ0n) is 21.6. The number of amides is 2. The summed E-state index contributed by atoms with van der Waals surface area (Å²) in [6.07, 6.45) is 7.00. The maximum atomic E-state index is 13.5. The Labute approximate surface area is 205 Å². The van der Waals surface area contributed by atoms with Crippen molar-refractivity contribution in [2.75, 3.05) is 6.54 Å². The predicted octanol–water partition coefficient (Wildman–Crippen LogP) is 3.10. The lowest BCUT2D eigenvalue weighted by Gasteiger charge is -2.32. The lowest BCUT2D eigenvalue weighted by molar-refractivity contribution is -0.136. The van der Waals surface area contributed by atoms with Gasteiger partial charge in [0.15, 0.2) is 11.6 Å². The van der Waals surface area contributed by atoms with Gasteiger partial charge in [-0.15, -0.1) is 0 Å². The predicted molar refractivity (Wildman–Crippen MR) is 135 cm³/mol. The minimum absolute atomic E-state index is 0.00883. The molecule has 1 fully saturated rings. The van der Waals surface area contributed by atoms with E-state index >= 15 is 0 Å². The molecule has 0 aromatic carbocycles. The molecule has 34 heavy (non-hydrogen) atoms. The van der Waals surface area contributed by atoms with Crippen molar-refractivity contribution in [2.45, 2.75) is 110 Å². The van der Waals surface area contributed by atoms with Crippen molar-refractivity contribution in [3.8, 4) is 0 Å². The van der Waals surface area contributed by atoms with E-state index in [9.17, 15) is 19.2 Å². The highest BCUT2D eigenvalue weighted by molar-refractivity contribution is 5.96. The SMILES string of the molecule is C=C(N)NCCC[C@@H]1CC(=O)[C@](C)(NC(=O)C(C)C)CCCCCCCC(=O)[C@H](CC)NC1=O. The number of ketones is 2. The molecule has 1 aliphatic heterocycles. The molecule has 8 heteroatoms. The topological polar surface area (TPSA) is 130 Å². The van der Waals surface area contributed by atoms with Crippen LogP contribution in [-0.2, 0) is 19.2 Å². The van der Waals surface area contributed by atoms with Crippen molar-refractivity contribution in [2.24, 2.45) is 17.6 Å². The van der Waals surface area contributed by atoms with Gasteiger partial charge in [0.2, 0.25) is 11.8 Å². The van der Waals surface area contributed by atoms with E-state index in [0.717, 1.165) is 32.1 Å². The Bertz CT molecular complexity index is 722. The zero-order chi connectivity index (χ0) is 25.7. The van der Waals surface area contributed by atoms with Crippen LogP contribution in [0.3, 0.4) is 0 Å². The molecule has 1 heterocycles. The van der Waals surface area contributed by atoms with Gasteiger partial charge >= 0.3 is 0 Å². The maximum Gasteiger partial charge on any atom is 0.224 e. The molecule has 1 rings (SSSR count). The average molecular weight is 479 g/mol. The molecule has 1 aliphatic rings. The van der Waals surface area contributed by atoms with E-state index in [0.29, 0.717) is 44.5 Å². The molecule has 0 aromatic rings. The summed E-state index contributed by atoms with van der Waals surface area (Å²) in [4.78, 5) is 51.9. The smallest absolute Gasteiger partial charge is 0.224 e. The first-order valence-electron chi connectivity index (χ1n) is 12.9. The molecule has 8 nitrogen and oxygen atoms in total. The van der Waals surface area contributed by atoms with Crippen molar-refractivity contribution < 1.29 is 19.2 Å². The maximum absolute atomic E-state index is 13.5. The van der Waals surface area contributed by atoms with Crippen LogP contribution in [0, 0.1) is 11.8 Å². The van der Waals surface area contributed by atoms with Gasteiger partial charge in [-0.25, -0.2) is 0 Å². The Morgan fingerprint density at radius 2 is 1.82 bits per heavy atom. The number of nitrogens with two attached hydrogens (primary N) is 1. The molecule has 0 radical (unpaired) electrons. The van der Waals surface area contributed by atoms with Gasteiger partial charge in [-0.05, 0) is 39.0 Å². The molecule has 0 bridgehead atoms. The van der Waals surface area contributed by atoms with Gasteiger partial charge in [0, 0.05) is 31.2 Å². The number of carbonyl (C=O) groups excluding carboxylic acids is 4. The summed E-state index contributed by atoms with van der Waals surface area (Å²) in [7, 11) is 0. The fourth-order valence-electron chi connectivity index (χ4n) is 4.24. The Balaban J connectivity index is 3.14. The van der Waals surface area contributed by atoms with Crippen LogP contribution in [0.15, 0.2) is 12.4 Å². The highest BCUT2D eigenvalue weighted by Gasteiger charge is 2.37. The van der Waals surface area contributed by atoms with E-state index in [4.69, 9.17) is 5.73 Å². The zero-order valence-corrected chi connectivity index (χ0v) is 21.6. The first kappa shape index (κ1) is 29.7. The standard InChI is InChI=1S/C26H46N4O4/c1-6-21-22(31)14-10-8-7-9-11-15-26(5,30-24(33)18(2)3)23(32)17-20(25(34)29-21)13-12-16-28-19(4)27/h18,20-21,28H,4,6-17,27H2,1-3,5H3,(H,29,34)(H,30,33)/t20-,21+,26-/m1/s1. The largest absolute Gasteiger partial charge is 0.386 e. The number of hydrogen-bond donors (Lipinski definition) is 4. The Kier molecular flexibility index (Phi) is 12.9. The number of rotatable bonds is 8. The van der Waals surface area contributed by atoms with Crippen LogP contribution in [0.2, 0.25) is 0 Å². The Morgan fingerprint density at radius 1 is 1.18 bits per heavy atom. The quantitative estimate of drug-likeness (QED) is 0.397. The normalized spacial score (nSPS) is 25.7. The number of hydrogen-bond acceptors (Lipinski definition) is 6. The molecule has 0 aliphatic carbocycles. The summed E-state index contributed by atoms with van der Waals surface area (Å²) in [5, 5.41) is 8.81. The molecule has 194 valence electrons. The highest BCUT2D eigenvalue weighted by atomic mass is 16.2. The third-order valence-electron chi connectivity index (χ3n) is 6.64. The molecule has 0 spiro atoms. The van der Waals surface area contributed by atoms with Gasteiger partial charge in [-0.2, -0.15) is 0 Å². The summed E-state index contributed by atoms with van der Waals surface area (Å²) in [6, 6.07) is -0.538. The number of Topliss-reactive ketones (excluding diaryl/α,β-unsaturated/α-hetero) is 2. The summed E-state index contributed by atoms with van der Waals surface area (Å²) >= 11 is 0. The lowest BCUT2D eigenvalue weighted by Crippen LogP contribution is -2.54. The molecule has 0 saturated carbocycles. The van der Waals surface area contributed by atoms with Crippen LogP contribution in [0.5, 0.6) is 0 Å². The lowest BCUT2D eigenvalue weighted by atomic mass is 9.82. The summed E-state index contributed by atoms with van der Waals surface area (Å²) in [5.41, 5.74) is 4.53. The van der Waals surface area contributed by atoms with Gasteiger partial charge < -0.3 is 21.7 Å². The summed E-state index contributed by atoms with van der Waals surface area (Å²) in [5.74, 6) is -1.04. The van der Waals surface area contributed by atoms with Crippen molar-refractivity contribution in [1.82, 2.24) is 16.0 Å². The molecule has 5 N–H and O–H groups in total. The van der Waals surface area contributed by atoms with Crippen LogP contribution in [0.25, 0.3) is 0 Å². The molecule has 1 saturated heterocycles. The van der Waals surface area contributed by atoms with E-state index in [1.54, 1.807) is 20.8 Å². The van der Waals surface area contributed by atoms with Gasteiger partial charge in [-0.3, -0.25) is 19.2 Å². The first-order chi connectivity index (χ1) is 16.0. The first-order valence-corrected chi connectivity index (χ1v) is 12.9. The fourth-order valence-corrected chi connectivity index (χ4v) is 4.24. The molecular weight excluding hydrogens is 432 g/mol.